The Morgan fingerprint density at radius 2 is 1.19 bits per heavy atom. The van der Waals surface area contributed by atoms with Gasteiger partial charge in [0.1, 0.15) is 23.6 Å². The van der Waals surface area contributed by atoms with Crippen molar-refractivity contribution in [3.63, 3.8) is 0 Å². The number of carbonyl (C=O) groups excluding carboxylic acids is 1. The molecule has 0 amide bonds. The van der Waals surface area contributed by atoms with Gasteiger partial charge in [-0.15, -0.1) is 0 Å². The second-order valence-corrected chi connectivity index (χ2v) is 8.06. The highest BCUT2D eigenvalue weighted by Gasteiger charge is 2.21. The maximum atomic E-state index is 13.0. The van der Waals surface area contributed by atoms with Gasteiger partial charge in [-0.3, -0.25) is 4.79 Å². The van der Waals surface area contributed by atoms with E-state index in [4.69, 9.17) is 20.0 Å². The maximum absolute atomic E-state index is 13.0. The smallest absolute Gasteiger partial charge is 0.186 e. The van der Waals surface area contributed by atoms with Crippen LogP contribution >= 0.6 is 11.8 Å². The Bertz CT molecular complexity index is 988. The number of benzene rings is 2. The fraction of sp³-hybridized carbons (Fsp3) is 0.240. The summed E-state index contributed by atoms with van der Waals surface area (Å²) < 4.78 is 10.9. The van der Waals surface area contributed by atoms with E-state index < -0.39 is 12.2 Å². The highest BCUT2D eigenvalue weighted by molar-refractivity contribution is 7.99. The standard InChI is InChI=1S/C25H22N2O3S/c1-17(13-26)29-23-7-3-19(4-8-23)11-21-15-31-16-22(25(21)28)12-20-5-9-24(10-6-20)30-18(2)14-27/h3-12,17-18H,15-16H2,1-2H3/b21-11-,22-12+. The van der Waals surface area contributed by atoms with E-state index in [1.54, 1.807) is 49.9 Å². The third-order valence-electron chi connectivity index (χ3n) is 4.53. The fourth-order valence-electron chi connectivity index (χ4n) is 2.97. The largest absolute Gasteiger partial charge is 0.476 e. The van der Waals surface area contributed by atoms with Crippen LogP contribution in [0.25, 0.3) is 12.2 Å². The zero-order valence-corrected chi connectivity index (χ0v) is 18.2. The first-order valence-electron chi connectivity index (χ1n) is 9.84. The van der Waals surface area contributed by atoms with Crippen molar-refractivity contribution in [3.05, 3.63) is 70.8 Å². The predicted octanol–water partition coefficient (Wildman–Crippen LogP) is 5.05. The molecule has 0 bridgehead atoms. The minimum absolute atomic E-state index is 0.0515. The third kappa shape index (κ3) is 6.25. The van der Waals surface area contributed by atoms with E-state index in [2.05, 4.69) is 0 Å². The van der Waals surface area contributed by atoms with Crippen LogP contribution in [0.3, 0.4) is 0 Å². The topological polar surface area (TPSA) is 83.1 Å². The minimum Gasteiger partial charge on any atom is -0.476 e. The molecule has 156 valence electrons. The van der Waals surface area contributed by atoms with Crippen molar-refractivity contribution in [2.45, 2.75) is 26.1 Å². The molecular weight excluding hydrogens is 408 g/mol. The molecule has 0 spiro atoms. The predicted molar refractivity (Wildman–Crippen MR) is 123 cm³/mol. The number of thioether (sulfide) groups is 1. The molecular formula is C25H22N2O3S. The molecule has 31 heavy (non-hydrogen) atoms. The number of ketones is 1. The normalized spacial score (nSPS) is 18.1. The van der Waals surface area contributed by atoms with Gasteiger partial charge in [-0.2, -0.15) is 22.3 Å². The molecule has 1 aliphatic rings. The molecule has 1 saturated heterocycles. The lowest BCUT2D eigenvalue weighted by Gasteiger charge is -2.16. The van der Waals surface area contributed by atoms with Crippen molar-refractivity contribution < 1.29 is 14.3 Å². The highest BCUT2D eigenvalue weighted by Crippen LogP contribution is 2.28. The Balaban J connectivity index is 1.72. The lowest BCUT2D eigenvalue weighted by molar-refractivity contribution is -0.112. The first-order valence-corrected chi connectivity index (χ1v) is 11.0. The van der Waals surface area contributed by atoms with E-state index >= 15 is 0 Å². The van der Waals surface area contributed by atoms with E-state index in [-0.39, 0.29) is 5.78 Å². The zero-order chi connectivity index (χ0) is 22.2. The van der Waals surface area contributed by atoms with Crippen LogP contribution in [-0.4, -0.2) is 29.5 Å². The molecule has 1 heterocycles. The number of rotatable bonds is 6. The SMILES string of the molecule is CC(C#N)Oc1ccc(/C=C2\CSC/C(=C/c3ccc(OC(C)C#N)cc3)C2=O)cc1. The summed E-state index contributed by atoms with van der Waals surface area (Å²) in [6, 6.07) is 18.8. The van der Waals surface area contributed by atoms with Crippen LogP contribution in [0.15, 0.2) is 59.7 Å². The zero-order valence-electron chi connectivity index (χ0n) is 17.4. The van der Waals surface area contributed by atoms with E-state index in [0.29, 0.717) is 23.0 Å². The Morgan fingerprint density at radius 3 is 1.55 bits per heavy atom. The van der Waals surface area contributed by atoms with Gasteiger partial charge >= 0.3 is 0 Å². The molecule has 1 aliphatic heterocycles. The Hall–Kier alpha value is -3.48. The number of ether oxygens (including phenoxy) is 2. The number of hydrogen-bond acceptors (Lipinski definition) is 6. The lowest BCUT2D eigenvalue weighted by atomic mass is 10.0. The van der Waals surface area contributed by atoms with Gasteiger partial charge in [0.25, 0.3) is 0 Å². The highest BCUT2D eigenvalue weighted by atomic mass is 32.2. The Morgan fingerprint density at radius 1 is 0.806 bits per heavy atom. The van der Waals surface area contributed by atoms with Gasteiger partial charge in [-0.1, -0.05) is 24.3 Å². The van der Waals surface area contributed by atoms with Gasteiger partial charge in [0.2, 0.25) is 0 Å². The van der Waals surface area contributed by atoms with Crippen molar-refractivity contribution in [3.8, 4) is 23.6 Å². The van der Waals surface area contributed by atoms with Crippen molar-refractivity contribution in [2.75, 3.05) is 11.5 Å². The van der Waals surface area contributed by atoms with Crippen LogP contribution in [-0.2, 0) is 4.79 Å². The Labute approximate surface area is 186 Å². The number of hydrogen-bond donors (Lipinski definition) is 0. The van der Waals surface area contributed by atoms with Gasteiger partial charge in [0.15, 0.2) is 18.0 Å². The van der Waals surface area contributed by atoms with Crippen molar-refractivity contribution in [1.82, 2.24) is 0 Å². The summed E-state index contributed by atoms with van der Waals surface area (Å²) in [6.07, 6.45) is 2.78. The van der Waals surface area contributed by atoms with Crippen LogP contribution in [0.1, 0.15) is 25.0 Å². The second-order valence-electron chi connectivity index (χ2n) is 7.08. The molecule has 0 N–H and O–H groups in total. The fourth-order valence-corrected chi connectivity index (χ4v) is 3.94. The molecule has 0 radical (unpaired) electrons. The summed E-state index contributed by atoms with van der Waals surface area (Å²) in [6.45, 7) is 3.38. The average molecular weight is 431 g/mol. The first kappa shape index (κ1) is 22.2. The number of Topliss-reactive ketones (excluding diaryl/α,β-unsaturated/α-hetero) is 1. The molecule has 0 aromatic heterocycles. The summed E-state index contributed by atoms with van der Waals surface area (Å²) in [5.74, 6) is 2.63. The monoisotopic (exact) mass is 430 g/mol. The molecule has 2 atom stereocenters. The summed E-state index contributed by atoms with van der Waals surface area (Å²) in [5.41, 5.74) is 3.33. The summed E-state index contributed by atoms with van der Waals surface area (Å²) in [5, 5.41) is 17.7. The summed E-state index contributed by atoms with van der Waals surface area (Å²) in [4.78, 5) is 13.0. The minimum atomic E-state index is -0.511. The number of nitrogens with zero attached hydrogens (tertiary/aromatic N) is 2. The molecule has 3 rings (SSSR count). The molecule has 2 aromatic rings. The van der Waals surface area contributed by atoms with Gasteiger partial charge in [0, 0.05) is 22.7 Å². The van der Waals surface area contributed by atoms with Crippen LogP contribution in [0.2, 0.25) is 0 Å². The lowest BCUT2D eigenvalue weighted by Crippen LogP contribution is -2.16. The van der Waals surface area contributed by atoms with Crippen molar-refractivity contribution >= 4 is 29.7 Å². The van der Waals surface area contributed by atoms with E-state index in [0.717, 1.165) is 22.3 Å². The first-order chi connectivity index (χ1) is 15.0. The molecule has 0 saturated carbocycles. The summed E-state index contributed by atoms with van der Waals surface area (Å²) in [7, 11) is 0. The number of nitriles is 2. The molecule has 5 nitrogen and oxygen atoms in total. The molecule has 2 aromatic carbocycles. The van der Waals surface area contributed by atoms with Crippen LogP contribution in [0.5, 0.6) is 11.5 Å². The van der Waals surface area contributed by atoms with E-state index in [9.17, 15) is 4.79 Å². The van der Waals surface area contributed by atoms with Crippen LogP contribution in [0.4, 0.5) is 0 Å². The molecule has 2 unspecified atom stereocenters. The maximum Gasteiger partial charge on any atom is 0.186 e. The molecule has 6 heteroatoms. The van der Waals surface area contributed by atoms with Gasteiger partial charge in [0.05, 0.1) is 0 Å². The van der Waals surface area contributed by atoms with E-state index in [1.165, 1.54) is 0 Å². The number of carbonyl (C=O) groups is 1. The van der Waals surface area contributed by atoms with Crippen LogP contribution < -0.4 is 9.47 Å². The third-order valence-corrected chi connectivity index (χ3v) is 5.56. The van der Waals surface area contributed by atoms with Crippen LogP contribution in [0, 0.1) is 22.7 Å². The van der Waals surface area contributed by atoms with Crippen molar-refractivity contribution in [1.29, 1.82) is 10.5 Å². The Kier molecular flexibility index (Phi) is 7.54. The second kappa shape index (κ2) is 10.5. The van der Waals surface area contributed by atoms with Gasteiger partial charge < -0.3 is 9.47 Å². The quantitative estimate of drug-likeness (QED) is 0.596. The van der Waals surface area contributed by atoms with E-state index in [1.807, 2.05) is 48.6 Å². The van der Waals surface area contributed by atoms with Gasteiger partial charge in [-0.25, -0.2) is 0 Å². The molecule has 1 fully saturated rings. The average Bonchev–Trinajstić information content (AvgIpc) is 2.78. The summed E-state index contributed by atoms with van der Waals surface area (Å²) >= 11 is 1.70. The molecule has 0 aliphatic carbocycles. The van der Waals surface area contributed by atoms with Gasteiger partial charge in [-0.05, 0) is 61.4 Å². The van der Waals surface area contributed by atoms with Crippen molar-refractivity contribution in [2.24, 2.45) is 0 Å².